The summed E-state index contributed by atoms with van der Waals surface area (Å²) in [5.74, 6) is -0.0416. The minimum Gasteiger partial charge on any atom is -0.361 e. The first-order valence-corrected chi connectivity index (χ1v) is 10.9. The molecule has 3 aromatic carbocycles. The maximum absolute atomic E-state index is 13.3. The quantitative estimate of drug-likeness (QED) is 0.290. The molecule has 0 saturated heterocycles. The number of carbonyl (C=O) groups excluding carboxylic acids is 1. The molecule has 0 aliphatic rings. The van der Waals surface area contributed by atoms with Crippen molar-refractivity contribution < 1.29 is 4.79 Å². The zero-order valence-electron chi connectivity index (χ0n) is 17.4. The van der Waals surface area contributed by atoms with Crippen molar-refractivity contribution in [3.8, 4) is 0 Å². The minimum atomic E-state index is -0.0416. The van der Waals surface area contributed by atoms with Crippen molar-refractivity contribution in [2.24, 2.45) is 0 Å². The van der Waals surface area contributed by atoms with Crippen molar-refractivity contribution in [3.63, 3.8) is 0 Å². The fourth-order valence-corrected chi connectivity index (χ4v) is 4.17. The van der Waals surface area contributed by atoms with Gasteiger partial charge >= 0.3 is 0 Å². The number of aromatic amines is 2. The summed E-state index contributed by atoms with van der Waals surface area (Å²) in [6.45, 7) is 1.03. The number of amides is 1. The van der Waals surface area contributed by atoms with E-state index < -0.39 is 0 Å². The Balaban J connectivity index is 1.47. The van der Waals surface area contributed by atoms with Crippen molar-refractivity contribution in [2.75, 3.05) is 0 Å². The van der Waals surface area contributed by atoms with Gasteiger partial charge in [0.2, 0.25) is 5.91 Å². The predicted octanol–water partition coefficient (Wildman–Crippen LogP) is 6.54. The van der Waals surface area contributed by atoms with Gasteiger partial charge < -0.3 is 14.9 Å². The second kappa shape index (κ2) is 8.77. The second-order valence-corrected chi connectivity index (χ2v) is 8.23. The number of nitrogens with one attached hydrogen (secondary N) is 2. The Morgan fingerprint density at radius 3 is 1.91 bits per heavy atom. The molecule has 5 aromatic rings. The van der Waals surface area contributed by atoms with E-state index in [0.717, 1.165) is 38.5 Å². The molecule has 1 amide bonds. The standard InChI is InChI=1S/C27H22ClN3O/c28-22-10-7-19(8-11-22)9-12-27(32)31(17-20-3-1-5-25-23(20)13-15-29-25)18-21-4-2-6-26-24(21)14-16-30-26/h1-16,29-30H,17-18H2/b12-9+. The monoisotopic (exact) mass is 439 g/mol. The zero-order chi connectivity index (χ0) is 21.9. The first-order valence-electron chi connectivity index (χ1n) is 10.5. The summed E-state index contributed by atoms with van der Waals surface area (Å²) in [5, 5.41) is 2.94. The topological polar surface area (TPSA) is 51.9 Å². The third-order valence-electron chi connectivity index (χ3n) is 5.69. The molecule has 0 aliphatic heterocycles. The summed E-state index contributed by atoms with van der Waals surface area (Å²) in [7, 11) is 0. The molecular weight excluding hydrogens is 418 g/mol. The van der Waals surface area contributed by atoms with Crippen LogP contribution < -0.4 is 0 Å². The molecule has 0 unspecified atom stereocenters. The number of hydrogen-bond acceptors (Lipinski definition) is 1. The molecule has 2 N–H and O–H groups in total. The Morgan fingerprint density at radius 1 is 0.781 bits per heavy atom. The van der Waals surface area contributed by atoms with Crippen LogP contribution in [0.2, 0.25) is 5.02 Å². The lowest BCUT2D eigenvalue weighted by molar-refractivity contribution is -0.127. The lowest BCUT2D eigenvalue weighted by Crippen LogP contribution is -2.28. The van der Waals surface area contributed by atoms with E-state index in [9.17, 15) is 4.79 Å². The van der Waals surface area contributed by atoms with Gasteiger partial charge in [0.1, 0.15) is 0 Å². The first kappa shape index (κ1) is 20.2. The zero-order valence-corrected chi connectivity index (χ0v) is 18.1. The third-order valence-corrected chi connectivity index (χ3v) is 5.94. The molecule has 0 aliphatic carbocycles. The van der Waals surface area contributed by atoms with Crippen LogP contribution in [0.4, 0.5) is 0 Å². The molecule has 158 valence electrons. The van der Waals surface area contributed by atoms with Gasteiger partial charge in [0, 0.05) is 58.4 Å². The van der Waals surface area contributed by atoms with Crippen LogP contribution in [0, 0.1) is 0 Å². The van der Waals surface area contributed by atoms with Crippen LogP contribution in [0.1, 0.15) is 16.7 Å². The van der Waals surface area contributed by atoms with E-state index >= 15 is 0 Å². The maximum Gasteiger partial charge on any atom is 0.247 e. The number of benzene rings is 3. The smallest absolute Gasteiger partial charge is 0.247 e. The fraction of sp³-hybridized carbons (Fsp3) is 0.0741. The second-order valence-electron chi connectivity index (χ2n) is 7.79. The summed E-state index contributed by atoms with van der Waals surface area (Å²) in [6.07, 6.45) is 7.33. The highest BCUT2D eigenvalue weighted by Gasteiger charge is 2.16. The molecule has 0 saturated carbocycles. The minimum absolute atomic E-state index is 0.0416. The van der Waals surface area contributed by atoms with Crippen LogP contribution in [0.3, 0.4) is 0 Å². The van der Waals surface area contributed by atoms with Gasteiger partial charge in [-0.2, -0.15) is 0 Å². The van der Waals surface area contributed by atoms with Gasteiger partial charge in [0.05, 0.1) is 0 Å². The van der Waals surface area contributed by atoms with E-state index in [1.807, 2.05) is 71.9 Å². The summed E-state index contributed by atoms with van der Waals surface area (Å²) in [5.41, 5.74) is 5.29. The normalized spacial score (nSPS) is 11.5. The number of carbonyl (C=O) groups is 1. The van der Waals surface area contributed by atoms with Crippen LogP contribution in [0.25, 0.3) is 27.9 Å². The number of aromatic nitrogens is 2. The highest BCUT2D eigenvalue weighted by Crippen LogP contribution is 2.23. The van der Waals surface area contributed by atoms with E-state index in [-0.39, 0.29) is 5.91 Å². The molecule has 5 heteroatoms. The van der Waals surface area contributed by atoms with E-state index in [0.29, 0.717) is 18.1 Å². The number of H-pyrrole nitrogens is 2. The van der Waals surface area contributed by atoms with Crippen LogP contribution in [-0.2, 0) is 17.9 Å². The summed E-state index contributed by atoms with van der Waals surface area (Å²) < 4.78 is 0. The molecule has 0 atom stereocenters. The molecule has 5 rings (SSSR count). The SMILES string of the molecule is O=C(/C=C/c1ccc(Cl)cc1)N(Cc1cccc2[nH]ccc12)Cc1cccc2[nH]ccc12. The maximum atomic E-state index is 13.3. The molecule has 0 radical (unpaired) electrons. The third kappa shape index (κ3) is 4.18. The van der Waals surface area contributed by atoms with Crippen molar-refractivity contribution in [1.29, 1.82) is 0 Å². The summed E-state index contributed by atoms with van der Waals surface area (Å²) >= 11 is 5.98. The number of nitrogens with zero attached hydrogens (tertiary/aromatic N) is 1. The molecule has 0 fully saturated rings. The lowest BCUT2D eigenvalue weighted by Gasteiger charge is -2.22. The molecule has 2 aromatic heterocycles. The molecular formula is C27H22ClN3O. The van der Waals surface area contributed by atoms with Crippen molar-refractivity contribution in [1.82, 2.24) is 14.9 Å². The van der Waals surface area contributed by atoms with Crippen LogP contribution in [0.15, 0.2) is 91.3 Å². The highest BCUT2D eigenvalue weighted by molar-refractivity contribution is 6.30. The first-order chi connectivity index (χ1) is 15.7. The molecule has 2 heterocycles. The highest BCUT2D eigenvalue weighted by atomic mass is 35.5. The molecule has 0 spiro atoms. The number of rotatable bonds is 6. The van der Waals surface area contributed by atoms with Gasteiger partial charge in [-0.05, 0) is 59.2 Å². The average molecular weight is 440 g/mol. The van der Waals surface area contributed by atoms with E-state index in [4.69, 9.17) is 11.6 Å². The van der Waals surface area contributed by atoms with E-state index in [2.05, 4.69) is 34.2 Å². The summed E-state index contributed by atoms with van der Waals surface area (Å²) in [6, 6.07) is 23.9. The van der Waals surface area contributed by atoms with Gasteiger partial charge in [-0.15, -0.1) is 0 Å². The Morgan fingerprint density at radius 2 is 1.34 bits per heavy atom. The number of hydrogen-bond donors (Lipinski definition) is 2. The average Bonchev–Trinajstić information content (AvgIpc) is 3.48. The Hall–Kier alpha value is -3.76. The Kier molecular flexibility index (Phi) is 5.53. The Bertz CT molecular complexity index is 1340. The molecule has 32 heavy (non-hydrogen) atoms. The molecule has 0 bridgehead atoms. The van der Waals surface area contributed by atoms with Gasteiger partial charge in [-0.25, -0.2) is 0 Å². The lowest BCUT2D eigenvalue weighted by atomic mass is 10.1. The van der Waals surface area contributed by atoms with Crippen LogP contribution >= 0.6 is 11.6 Å². The van der Waals surface area contributed by atoms with E-state index in [1.54, 1.807) is 6.08 Å². The van der Waals surface area contributed by atoms with E-state index in [1.165, 1.54) is 0 Å². The Labute approximate surface area is 191 Å². The van der Waals surface area contributed by atoms with Crippen LogP contribution in [-0.4, -0.2) is 20.8 Å². The van der Waals surface area contributed by atoms with Gasteiger partial charge in [-0.1, -0.05) is 48.0 Å². The summed E-state index contributed by atoms with van der Waals surface area (Å²) in [4.78, 5) is 21.7. The predicted molar refractivity (Wildman–Crippen MR) is 131 cm³/mol. The largest absolute Gasteiger partial charge is 0.361 e. The van der Waals surface area contributed by atoms with Gasteiger partial charge in [0.15, 0.2) is 0 Å². The van der Waals surface area contributed by atoms with Gasteiger partial charge in [-0.3, -0.25) is 4.79 Å². The van der Waals surface area contributed by atoms with Crippen molar-refractivity contribution in [2.45, 2.75) is 13.1 Å². The van der Waals surface area contributed by atoms with Gasteiger partial charge in [0.25, 0.3) is 0 Å². The fourth-order valence-electron chi connectivity index (χ4n) is 4.05. The number of fused-ring (bicyclic) bond motifs is 2. The number of halogens is 1. The van der Waals surface area contributed by atoms with Crippen molar-refractivity contribution in [3.05, 3.63) is 113 Å². The molecule has 4 nitrogen and oxygen atoms in total. The van der Waals surface area contributed by atoms with Crippen LogP contribution in [0.5, 0.6) is 0 Å². The van der Waals surface area contributed by atoms with Crippen molar-refractivity contribution >= 4 is 45.4 Å².